The highest BCUT2D eigenvalue weighted by Gasteiger charge is 2.10. The van der Waals surface area contributed by atoms with Gasteiger partial charge in [0.1, 0.15) is 11.4 Å². The number of carbonyl (C=O) groups excluding carboxylic acids is 1. The van der Waals surface area contributed by atoms with Crippen molar-refractivity contribution < 1.29 is 9.53 Å². The lowest BCUT2D eigenvalue weighted by molar-refractivity contribution is 0.0950. The number of nitrogens with zero attached hydrogens (tertiary/aromatic N) is 2. The molecule has 0 aliphatic rings. The fourth-order valence-corrected chi connectivity index (χ4v) is 3.00. The molecule has 0 radical (unpaired) electrons. The average Bonchev–Trinajstić information content (AvgIpc) is 3.31. The monoisotopic (exact) mass is 410 g/mol. The maximum absolute atomic E-state index is 12.3. The van der Waals surface area contributed by atoms with Gasteiger partial charge < -0.3 is 4.74 Å². The highest BCUT2D eigenvalue weighted by Crippen LogP contribution is 2.21. The lowest BCUT2D eigenvalue weighted by atomic mass is 10.1. The van der Waals surface area contributed by atoms with Crippen molar-refractivity contribution in [2.24, 2.45) is 5.10 Å². The fraction of sp³-hybridized carbons (Fsp3) is 0.0800. The summed E-state index contributed by atoms with van der Waals surface area (Å²) in [5.74, 6) is 0.440. The van der Waals surface area contributed by atoms with Gasteiger partial charge in [0.25, 0.3) is 5.91 Å². The average molecular weight is 410 g/mol. The van der Waals surface area contributed by atoms with Crippen LogP contribution in [0.1, 0.15) is 21.6 Å². The zero-order valence-electron chi connectivity index (χ0n) is 16.9. The van der Waals surface area contributed by atoms with Crippen molar-refractivity contribution in [3.8, 4) is 17.0 Å². The van der Waals surface area contributed by atoms with E-state index in [0.717, 1.165) is 23.3 Å². The minimum atomic E-state index is -0.355. The van der Waals surface area contributed by atoms with Crippen molar-refractivity contribution in [1.82, 2.24) is 15.6 Å². The summed E-state index contributed by atoms with van der Waals surface area (Å²) in [7, 11) is 0. The summed E-state index contributed by atoms with van der Waals surface area (Å²) >= 11 is 0. The van der Waals surface area contributed by atoms with Gasteiger partial charge in [-0.15, -0.1) is 0 Å². The first-order chi connectivity index (χ1) is 15.3. The summed E-state index contributed by atoms with van der Waals surface area (Å²) in [6, 6.07) is 29.1. The molecular weight excluding hydrogens is 388 g/mol. The van der Waals surface area contributed by atoms with E-state index in [1.165, 1.54) is 5.56 Å². The van der Waals surface area contributed by atoms with Gasteiger partial charge in [-0.05, 0) is 41.5 Å². The molecule has 1 aromatic heterocycles. The Balaban J connectivity index is 1.31. The molecule has 31 heavy (non-hydrogen) atoms. The van der Waals surface area contributed by atoms with Crippen molar-refractivity contribution >= 4 is 12.1 Å². The lowest BCUT2D eigenvalue weighted by Gasteiger charge is -2.06. The Kier molecular flexibility index (Phi) is 6.50. The van der Waals surface area contributed by atoms with Crippen molar-refractivity contribution in [1.29, 1.82) is 0 Å². The topological polar surface area (TPSA) is 79.4 Å². The number of H-pyrrole nitrogens is 1. The van der Waals surface area contributed by atoms with Crippen LogP contribution in [0.5, 0.6) is 5.75 Å². The SMILES string of the molecule is O=C(NN=Cc1ccccc1)c1cc(-c2ccc(OCCc3ccccc3)cc2)n[nH]1. The highest BCUT2D eigenvalue weighted by atomic mass is 16.5. The number of ether oxygens (including phenoxy) is 1. The van der Waals surface area contributed by atoms with E-state index in [-0.39, 0.29) is 5.91 Å². The zero-order chi connectivity index (χ0) is 21.3. The van der Waals surface area contributed by atoms with Crippen LogP contribution in [0, 0.1) is 0 Å². The number of amides is 1. The van der Waals surface area contributed by atoms with Gasteiger partial charge in [0, 0.05) is 12.0 Å². The van der Waals surface area contributed by atoms with E-state index >= 15 is 0 Å². The van der Waals surface area contributed by atoms with Crippen LogP contribution in [0.3, 0.4) is 0 Å². The Morgan fingerprint density at radius 1 is 0.968 bits per heavy atom. The number of rotatable bonds is 8. The molecule has 6 nitrogen and oxygen atoms in total. The third-order valence-electron chi connectivity index (χ3n) is 4.65. The number of aromatic nitrogens is 2. The molecule has 1 heterocycles. The van der Waals surface area contributed by atoms with Gasteiger partial charge in [0.05, 0.1) is 18.5 Å². The first-order valence-electron chi connectivity index (χ1n) is 9.99. The van der Waals surface area contributed by atoms with Gasteiger partial charge in [0.15, 0.2) is 0 Å². The van der Waals surface area contributed by atoms with E-state index < -0.39 is 0 Å². The van der Waals surface area contributed by atoms with E-state index in [9.17, 15) is 4.79 Å². The summed E-state index contributed by atoms with van der Waals surface area (Å²) in [4.78, 5) is 12.3. The van der Waals surface area contributed by atoms with Gasteiger partial charge in [0.2, 0.25) is 0 Å². The molecular formula is C25H22N4O2. The molecule has 1 amide bonds. The summed E-state index contributed by atoms with van der Waals surface area (Å²) < 4.78 is 5.82. The summed E-state index contributed by atoms with van der Waals surface area (Å²) in [6.45, 7) is 0.611. The molecule has 2 N–H and O–H groups in total. The minimum absolute atomic E-state index is 0.336. The molecule has 0 aliphatic heterocycles. The second-order valence-electron chi connectivity index (χ2n) is 6.89. The standard InChI is InChI=1S/C25H22N4O2/c30-25(29-26-18-20-9-5-2-6-10-20)24-17-23(27-28-24)21-11-13-22(14-12-21)31-16-15-19-7-3-1-4-8-19/h1-14,17-18H,15-16H2,(H,27,28)(H,29,30). The quantitative estimate of drug-likeness (QED) is 0.332. The van der Waals surface area contributed by atoms with Gasteiger partial charge in [-0.2, -0.15) is 10.2 Å². The molecule has 0 fully saturated rings. The molecule has 0 saturated heterocycles. The lowest BCUT2D eigenvalue weighted by Crippen LogP contribution is -2.17. The Morgan fingerprint density at radius 2 is 1.68 bits per heavy atom. The number of hydrogen-bond acceptors (Lipinski definition) is 4. The first kappa shape index (κ1) is 20.1. The second-order valence-corrected chi connectivity index (χ2v) is 6.89. The Morgan fingerprint density at radius 3 is 2.42 bits per heavy atom. The Hall–Kier alpha value is -4.19. The molecule has 0 spiro atoms. The third-order valence-corrected chi connectivity index (χ3v) is 4.65. The number of aromatic amines is 1. The van der Waals surface area contributed by atoms with Crippen LogP contribution in [-0.2, 0) is 6.42 Å². The molecule has 3 aromatic carbocycles. The predicted molar refractivity (Wildman–Crippen MR) is 121 cm³/mol. The highest BCUT2D eigenvalue weighted by molar-refractivity contribution is 5.94. The second kappa shape index (κ2) is 10.0. The smallest absolute Gasteiger partial charge is 0.289 e. The number of hydrazone groups is 1. The van der Waals surface area contributed by atoms with E-state index in [1.54, 1.807) is 12.3 Å². The maximum atomic E-state index is 12.3. The predicted octanol–water partition coefficient (Wildman–Crippen LogP) is 4.46. The summed E-state index contributed by atoms with van der Waals surface area (Å²) in [6.07, 6.45) is 2.44. The Bertz CT molecular complexity index is 1140. The van der Waals surface area contributed by atoms with E-state index in [4.69, 9.17) is 4.74 Å². The van der Waals surface area contributed by atoms with Crippen molar-refractivity contribution in [2.75, 3.05) is 6.61 Å². The van der Waals surface area contributed by atoms with Crippen LogP contribution < -0.4 is 10.2 Å². The molecule has 154 valence electrons. The molecule has 0 atom stereocenters. The van der Waals surface area contributed by atoms with Crippen LogP contribution in [0.2, 0.25) is 0 Å². The van der Waals surface area contributed by atoms with Crippen LogP contribution in [0.15, 0.2) is 96.1 Å². The van der Waals surface area contributed by atoms with E-state index in [2.05, 4.69) is 32.9 Å². The van der Waals surface area contributed by atoms with E-state index in [1.807, 2.05) is 72.8 Å². The Labute approximate surface area is 180 Å². The fourth-order valence-electron chi connectivity index (χ4n) is 3.00. The number of hydrogen-bond donors (Lipinski definition) is 2. The molecule has 0 unspecified atom stereocenters. The molecule has 4 rings (SSSR count). The molecule has 4 aromatic rings. The number of carbonyl (C=O) groups is 1. The minimum Gasteiger partial charge on any atom is -0.493 e. The van der Waals surface area contributed by atoms with Gasteiger partial charge in [-0.25, -0.2) is 5.43 Å². The first-order valence-corrected chi connectivity index (χ1v) is 9.99. The summed E-state index contributed by atoms with van der Waals surface area (Å²) in [5, 5.41) is 11.0. The number of benzene rings is 3. The third kappa shape index (κ3) is 5.67. The van der Waals surface area contributed by atoms with Gasteiger partial charge in [-0.1, -0.05) is 60.7 Å². The largest absolute Gasteiger partial charge is 0.493 e. The van der Waals surface area contributed by atoms with Crippen LogP contribution in [0.25, 0.3) is 11.3 Å². The van der Waals surface area contributed by atoms with E-state index in [0.29, 0.717) is 18.0 Å². The van der Waals surface area contributed by atoms with Gasteiger partial charge >= 0.3 is 0 Å². The van der Waals surface area contributed by atoms with Crippen LogP contribution in [0.4, 0.5) is 0 Å². The molecule has 0 aliphatic carbocycles. The van der Waals surface area contributed by atoms with Crippen molar-refractivity contribution in [2.45, 2.75) is 6.42 Å². The van der Waals surface area contributed by atoms with Crippen LogP contribution in [-0.4, -0.2) is 28.9 Å². The van der Waals surface area contributed by atoms with Crippen LogP contribution >= 0.6 is 0 Å². The molecule has 6 heteroatoms. The van der Waals surface area contributed by atoms with Crippen molar-refractivity contribution in [3.63, 3.8) is 0 Å². The zero-order valence-corrected chi connectivity index (χ0v) is 16.9. The molecule has 0 bridgehead atoms. The normalized spacial score (nSPS) is 10.8. The maximum Gasteiger partial charge on any atom is 0.289 e. The van der Waals surface area contributed by atoms with Gasteiger partial charge in [-0.3, -0.25) is 9.89 Å². The van der Waals surface area contributed by atoms with Crippen molar-refractivity contribution in [3.05, 3.63) is 108 Å². The number of nitrogens with one attached hydrogen (secondary N) is 2. The molecule has 0 saturated carbocycles. The summed E-state index contributed by atoms with van der Waals surface area (Å²) in [5.41, 5.74) is 6.54.